The van der Waals surface area contributed by atoms with E-state index in [1.165, 1.54) is 6.07 Å². The monoisotopic (exact) mass is 264 g/mol. The van der Waals surface area contributed by atoms with Crippen LogP contribution in [-0.4, -0.2) is 19.0 Å². The van der Waals surface area contributed by atoms with E-state index in [2.05, 4.69) is 4.74 Å². The Labute approximate surface area is 109 Å². The summed E-state index contributed by atoms with van der Waals surface area (Å²) in [5.74, 6) is 1.85. The number of ether oxygens (including phenoxy) is 1. The number of aldehydes is 2. The Morgan fingerprint density at radius 3 is 2.05 bits per heavy atom. The molecule has 0 aliphatic heterocycles. The fourth-order valence-electron chi connectivity index (χ4n) is 1.17. The van der Waals surface area contributed by atoms with Crippen molar-refractivity contribution in [2.75, 3.05) is 0 Å². The van der Waals surface area contributed by atoms with Crippen molar-refractivity contribution in [2.24, 2.45) is 0 Å². The van der Waals surface area contributed by atoms with Crippen molar-refractivity contribution in [3.05, 3.63) is 47.3 Å². The third kappa shape index (κ3) is 5.03. The molecule has 2 aromatic heterocycles. The third-order valence-electron chi connectivity index (χ3n) is 1.97. The summed E-state index contributed by atoms with van der Waals surface area (Å²) in [5.41, 5.74) is 0. The molecule has 0 spiro atoms. The molecule has 0 saturated heterocycles. The van der Waals surface area contributed by atoms with Gasteiger partial charge in [0, 0.05) is 0 Å². The lowest BCUT2D eigenvalue weighted by Gasteiger charge is -1.90. The molecule has 0 amide bonds. The molecule has 0 unspecified atom stereocenters. The maximum atomic E-state index is 10.1. The number of carbonyl (C=O) groups excluding carboxylic acids is 3. The Morgan fingerprint density at radius 2 is 1.63 bits per heavy atom. The van der Waals surface area contributed by atoms with E-state index in [0.717, 1.165) is 5.76 Å². The number of hydrogen-bond acceptors (Lipinski definition) is 6. The summed E-state index contributed by atoms with van der Waals surface area (Å²) in [6, 6.07) is 6.48. The summed E-state index contributed by atoms with van der Waals surface area (Å²) in [7, 11) is 0. The average molecular weight is 264 g/mol. The molecule has 0 saturated carbocycles. The van der Waals surface area contributed by atoms with Gasteiger partial charge in [-0.15, -0.1) is 0 Å². The van der Waals surface area contributed by atoms with Crippen molar-refractivity contribution in [3.8, 4) is 0 Å². The Bertz CT molecular complexity index is 537. The van der Waals surface area contributed by atoms with Crippen LogP contribution in [0.1, 0.15) is 32.6 Å². The molecule has 2 rings (SSSR count). The van der Waals surface area contributed by atoms with E-state index < -0.39 is 0 Å². The highest BCUT2D eigenvalue weighted by molar-refractivity contribution is 5.70. The van der Waals surface area contributed by atoms with Crippen LogP contribution in [0.2, 0.25) is 0 Å². The minimum absolute atomic E-state index is 0.0668. The summed E-state index contributed by atoms with van der Waals surface area (Å²) >= 11 is 0. The number of rotatable bonds is 5. The number of furan rings is 2. The first-order valence-electron chi connectivity index (χ1n) is 5.30. The van der Waals surface area contributed by atoms with Crippen LogP contribution in [0.3, 0.4) is 0 Å². The standard InChI is InChI=1S/C7H6O4.C6H6O2/c8-3-6-1-2-7(11-6)4-10-5-9;1-5-2-3-6(4-7)8-5/h1-3,5H,4H2;2-4H,1H3. The molecule has 6 nitrogen and oxygen atoms in total. The topological polar surface area (TPSA) is 86.7 Å². The van der Waals surface area contributed by atoms with Gasteiger partial charge < -0.3 is 13.6 Å². The van der Waals surface area contributed by atoms with Crippen molar-refractivity contribution < 1.29 is 28.0 Å². The lowest BCUT2D eigenvalue weighted by molar-refractivity contribution is -0.130. The normalized spacial score (nSPS) is 9.11. The molecular formula is C13H12O6. The van der Waals surface area contributed by atoms with Crippen molar-refractivity contribution in [1.82, 2.24) is 0 Å². The van der Waals surface area contributed by atoms with Crippen molar-refractivity contribution in [1.29, 1.82) is 0 Å². The molecule has 0 radical (unpaired) electrons. The van der Waals surface area contributed by atoms with E-state index in [0.29, 0.717) is 30.6 Å². The third-order valence-corrected chi connectivity index (χ3v) is 1.97. The van der Waals surface area contributed by atoms with Crippen molar-refractivity contribution >= 4 is 19.0 Å². The molecule has 6 heteroatoms. The van der Waals surface area contributed by atoms with Crippen LogP contribution >= 0.6 is 0 Å². The van der Waals surface area contributed by atoms with Gasteiger partial charge in [-0.2, -0.15) is 0 Å². The number of carbonyl (C=O) groups is 3. The zero-order valence-corrected chi connectivity index (χ0v) is 10.2. The molecule has 0 fully saturated rings. The minimum Gasteiger partial charge on any atom is -0.460 e. The van der Waals surface area contributed by atoms with Gasteiger partial charge in [0.25, 0.3) is 6.47 Å². The molecule has 0 aliphatic carbocycles. The SMILES string of the molecule is Cc1ccc(C=O)o1.O=COCc1ccc(C=O)o1. The molecule has 0 bridgehead atoms. The summed E-state index contributed by atoms with van der Waals surface area (Å²) < 4.78 is 14.1. The first-order valence-corrected chi connectivity index (χ1v) is 5.30. The largest absolute Gasteiger partial charge is 0.460 e. The highest BCUT2D eigenvalue weighted by Crippen LogP contribution is 2.05. The van der Waals surface area contributed by atoms with Gasteiger partial charge in [0.05, 0.1) is 0 Å². The van der Waals surface area contributed by atoms with Crippen molar-refractivity contribution in [3.63, 3.8) is 0 Å². The van der Waals surface area contributed by atoms with E-state index in [9.17, 15) is 14.4 Å². The Morgan fingerprint density at radius 1 is 1.00 bits per heavy atom. The summed E-state index contributed by atoms with van der Waals surface area (Å²) in [6.45, 7) is 2.19. The molecular weight excluding hydrogens is 252 g/mol. The zero-order valence-electron chi connectivity index (χ0n) is 10.2. The lowest BCUT2D eigenvalue weighted by atomic mass is 10.4. The van der Waals surface area contributed by atoms with Gasteiger partial charge in [0.1, 0.15) is 18.1 Å². The predicted octanol–water partition coefficient (Wildman–Crippen LogP) is 2.17. The maximum Gasteiger partial charge on any atom is 0.293 e. The zero-order chi connectivity index (χ0) is 14.1. The molecule has 0 aliphatic rings. The summed E-state index contributed by atoms with van der Waals surface area (Å²) in [6.07, 6.45) is 1.28. The van der Waals surface area contributed by atoms with Crippen LogP contribution < -0.4 is 0 Å². The van der Waals surface area contributed by atoms with Gasteiger partial charge in [0.2, 0.25) is 0 Å². The Hall–Kier alpha value is -2.63. The lowest BCUT2D eigenvalue weighted by Crippen LogP contribution is -1.86. The minimum atomic E-state index is 0.0668. The predicted molar refractivity (Wildman–Crippen MR) is 63.8 cm³/mol. The number of aryl methyl sites for hydroxylation is 1. The maximum absolute atomic E-state index is 10.1. The molecule has 2 aromatic rings. The van der Waals surface area contributed by atoms with Crippen LogP contribution in [-0.2, 0) is 16.1 Å². The van der Waals surface area contributed by atoms with Gasteiger partial charge in [-0.3, -0.25) is 14.4 Å². The van der Waals surface area contributed by atoms with E-state index in [4.69, 9.17) is 8.83 Å². The quantitative estimate of drug-likeness (QED) is 0.769. The Kier molecular flexibility index (Phi) is 5.81. The van der Waals surface area contributed by atoms with Gasteiger partial charge in [-0.05, 0) is 31.2 Å². The van der Waals surface area contributed by atoms with E-state index >= 15 is 0 Å². The van der Waals surface area contributed by atoms with E-state index in [1.54, 1.807) is 25.1 Å². The first-order chi connectivity index (χ1) is 9.19. The smallest absolute Gasteiger partial charge is 0.293 e. The van der Waals surface area contributed by atoms with E-state index in [-0.39, 0.29) is 12.4 Å². The Balaban J connectivity index is 0.000000200. The first kappa shape index (κ1) is 14.4. The van der Waals surface area contributed by atoms with Gasteiger partial charge in [0.15, 0.2) is 24.1 Å². The van der Waals surface area contributed by atoms with Crippen LogP contribution in [0.5, 0.6) is 0 Å². The fraction of sp³-hybridized carbons (Fsp3) is 0.154. The average Bonchev–Trinajstić information content (AvgIpc) is 3.05. The van der Waals surface area contributed by atoms with E-state index in [1.807, 2.05) is 0 Å². The molecule has 19 heavy (non-hydrogen) atoms. The second-order valence-electron chi connectivity index (χ2n) is 3.40. The molecule has 2 heterocycles. The second-order valence-corrected chi connectivity index (χ2v) is 3.40. The summed E-state index contributed by atoms with van der Waals surface area (Å²) in [5, 5.41) is 0. The van der Waals surface area contributed by atoms with Crippen LogP contribution in [0.4, 0.5) is 0 Å². The van der Waals surface area contributed by atoms with Gasteiger partial charge >= 0.3 is 0 Å². The summed E-state index contributed by atoms with van der Waals surface area (Å²) in [4.78, 5) is 29.7. The number of hydrogen-bond donors (Lipinski definition) is 0. The second kappa shape index (κ2) is 7.65. The molecule has 0 N–H and O–H groups in total. The van der Waals surface area contributed by atoms with Crippen LogP contribution in [0, 0.1) is 6.92 Å². The molecule has 0 aromatic carbocycles. The molecule has 0 atom stereocenters. The van der Waals surface area contributed by atoms with Crippen LogP contribution in [0.25, 0.3) is 0 Å². The highest BCUT2D eigenvalue weighted by atomic mass is 16.5. The highest BCUT2D eigenvalue weighted by Gasteiger charge is 1.99. The van der Waals surface area contributed by atoms with Gasteiger partial charge in [-0.25, -0.2) is 0 Å². The van der Waals surface area contributed by atoms with Gasteiger partial charge in [-0.1, -0.05) is 0 Å². The van der Waals surface area contributed by atoms with Crippen molar-refractivity contribution in [2.45, 2.75) is 13.5 Å². The molecule has 100 valence electrons. The fourth-order valence-corrected chi connectivity index (χ4v) is 1.17. The van der Waals surface area contributed by atoms with Crippen LogP contribution in [0.15, 0.2) is 33.1 Å².